The number of likely N-dealkylation sites (N-methyl/N-ethyl adjacent to an activating group) is 1. The van der Waals surface area contributed by atoms with Crippen LogP contribution in [0.2, 0.25) is 0 Å². The van der Waals surface area contributed by atoms with Crippen LogP contribution < -0.4 is 20.3 Å². The summed E-state index contributed by atoms with van der Waals surface area (Å²) in [6, 6.07) is 7.28. The zero-order chi connectivity index (χ0) is 18.0. The minimum Gasteiger partial charge on any atom is -0.369 e. The van der Waals surface area contributed by atoms with Crippen LogP contribution in [0.15, 0.2) is 18.2 Å². The molecule has 2 heterocycles. The van der Waals surface area contributed by atoms with Gasteiger partial charge in [0.25, 0.3) is 10.2 Å². The van der Waals surface area contributed by atoms with Crippen molar-refractivity contribution in [2.75, 3.05) is 45.2 Å². The molecule has 7 nitrogen and oxygen atoms in total. The Labute approximate surface area is 150 Å². The first-order chi connectivity index (χ1) is 12.0. The molecular formula is C17H29N5O2S. The molecular weight excluding hydrogens is 338 g/mol. The molecule has 2 aliphatic rings. The van der Waals surface area contributed by atoms with Crippen LogP contribution in [-0.2, 0) is 23.2 Å². The average Bonchev–Trinajstić information content (AvgIpc) is 2.66. The fourth-order valence-electron chi connectivity index (χ4n) is 3.70. The Morgan fingerprint density at radius 2 is 1.92 bits per heavy atom. The lowest BCUT2D eigenvalue weighted by Gasteiger charge is -2.38. The lowest BCUT2D eigenvalue weighted by Crippen LogP contribution is -2.52. The minimum absolute atomic E-state index is 0.402. The van der Waals surface area contributed by atoms with E-state index in [-0.39, 0.29) is 0 Å². The number of rotatable bonds is 5. The molecule has 8 heteroatoms. The van der Waals surface area contributed by atoms with Crippen molar-refractivity contribution >= 4 is 15.9 Å². The molecule has 1 aromatic rings. The molecule has 1 saturated heterocycles. The zero-order valence-corrected chi connectivity index (χ0v) is 16.1. The summed E-state index contributed by atoms with van der Waals surface area (Å²) in [5.41, 5.74) is 4.01. The van der Waals surface area contributed by atoms with Gasteiger partial charge in [-0.3, -0.25) is 0 Å². The van der Waals surface area contributed by atoms with Crippen LogP contribution in [-0.4, -0.2) is 65.1 Å². The maximum atomic E-state index is 12.0. The van der Waals surface area contributed by atoms with E-state index in [2.05, 4.69) is 45.4 Å². The predicted molar refractivity (Wildman–Crippen MR) is 101 cm³/mol. The van der Waals surface area contributed by atoms with Gasteiger partial charge in [0, 0.05) is 57.5 Å². The number of piperazine rings is 1. The van der Waals surface area contributed by atoms with E-state index in [9.17, 15) is 8.42 Å². The molecule has 2 aliphatic heterocycles. The highest BCUT2D eigenvalue weighted by Crippen LogP contribution is 2.29. The molecule has 1 fully saturated rings. The maximum absolute atomic E-state index is 12.0. The lowest BCUT2D eigenvalue weighted by atomic mass is 9.90. The van der Waals surface area contributed by atoms with Crippen LogP contribution in [0.4, 0.5) is 5.69 Å². The van der Waals surface area contributed by atoms with E-state index in [1.807, 2.05) is 7.05 Å². The van der Waals surface area contributed by atoms with Crippen LogP contribution in [0.5, 0.6) is 0 Å². The Hall–Kier alpha value is -1.19. The van der Waals surface area contributed by atoms with Gasteiger partial charge < -0.3 is 15.5 Å². The second-order valence-corrected chi connectivity index (χ2v) is 8.65. The molecule has 3 rings (SSSR count). The molecule has 0 amide bonds. The summed E-state index contributed by atoms with van der Waals surface area (Å²) in [7, 11) is 0.130. The standard InChI is InChI=1S/C17H29N5O2S/c1-13(18-2)16-11-15-14(12-20-16)5-4-6-17(15)21-7-9-22(10-8-21)25(23,24)19-3/h4-6,13,16,18-20H,7-12H2,1-3H3. The largest absolute Gasteiger partial charge is 0.369 e. The van der Waals surface area contributed by atoms with Crippen molar-refractivity contribution in [3.63, 3.8) is 0 Å². The molecule has 2 atom stereocenters. The molecule has 1 aromatic carbocycles. The maximum Gasteiger partial charge on any atom is 0.279 e. The number of nitrogens with zero attached hydrogens (tertiary/aromatic N) is 2. The van der Waals surface area contributed by atoms with Gasteiger partial charge in [-0.05, 0) is 37.6 Å². The van der Waals surface area contributed by atoms with E-state index in [0.29, 0.717) is 25.2 Å². The van der Waals surface area contributed by atoms with E-state index in [1.165, 1.54) is 28.2 Å². The number of nitrogens with one attached hydrogen (secondary N) is 3. The SMILES string of the molecule is CNC(C)C1Cc2c(cccc2N2CCN(S(=O)(=O)NC)CC2)CN1. The van der Waals surface area contributed by atoms with Crippen molar-refractivity contribution < 1.29 is 8.42 Å². The van der Waals surface area contributed by atoms with Crippen LogP contribution in [0.1, 0.15) is 18.1 Å². The molecule has 0 saturated carbocycles. The number of fused-ring (bicyclic) bond motifs is 1. The third kappa shape index (κ3) is 3.83. The summed E-state index contributed by atoms with van der Waals surface area (Å²) in [6.45, 7) is 5.55. The Morgan fingerprint density at radius 3 is 2.56 bits per heavy atom. The first-order valence-corrected chi connectivity index (χ1v) is 10.3. The van der Waals surface area contributed by atoms with Crippen molar-refractivity contribution in [2.45, 2.75) is 32.0 Å². The third-order valence-corrected chi connectivity index (χ3v) is 7.02. The normalized spacial score (nSPS) is 23.3. The van der Waals surface area contributed by atoms with Crippen LogP contribution >= 0.6 is 0 Å². The van der Waals surface area contributed by atoms with Gasteiger partial charge in [0.15, 0.2) is 0 Å². The van der Waals surface area contributed by atoms with Crippen molar-refractivity contribution in [1.29, 1.82) is 0 Å². The van der Waals surface area contributed by atoms with Gasteiger partial charge in [0.05, 0.1) is 0 Å². The fourth-order valence-corrected chi connectivity index (χ4v) is 4.61. The Bertz CT molecular complexity index is 701. The van der Waals surface area contributed by atoms with Gasteiger partial charge in [-0.15, -0.1) is 0 Å². The summed E-state index contributed by atoms with van der Waals surface area (Å²) in [5, 5.41) is 6.95. The summed E-state index contributed by atoms with van der Waals surface area (Å²) in [5.74, 6) is 0. The predicted octanol–water partition coefficient (Wildman–Crippen LogP) is -0.105. The van der Waals surface area contributed by atoms with Crippen molar-refractivity contribution in [1.82, 2.24) is 19.7 Å². The third-order valence-electron chi connectivity index (χ3n) is 5.46. The summed E-state index contributed by atoms with van der Waals surface area (Å²) >= 11 is 0. The highest BCUT2D eigenvalue weighted by molar-refractivity contribution is 7.87. The first-order valence-electron chi connectivity index (χ1n) is 8.91. The smallest absolute Gasteiger partial charge is 0.279 e. The molecule has 2 unspecified atom stereocenters. The second kappa shape index (κ2) is 7.59. The van der Waals surface area contributed by atoms with Crippen molar-refractivity contribution in [3.05, 3.63) is 29.3 Å². The molecule has 0 aliphatic carbocycles. The second-order valence-electron chi connectivity index (χ2n) is 6.78. The molecule has 0 spiro atoms. The average molecular weight is 368 g/mol. The van der Waals surface area contributed by atoms with E-state index in [4.69, 9.17) is 0 Å². The van der Waals surface area contributed by atoms with E-state index in [0.717, 1.165) is 26.1 Å². The van der Waals surface area contributed by atoms with E-state index >= 15 is 0 Å². The lowest BCUT2D eigenvalue weighted by molar-refractivity contribution is 0.375. The molecule has 0 aromatic heterocycles. The number of hydrogen-bond donors (Lipinski definition) is 3. The zero-order valence-electron chi connectivity index (χ0n) is 15.2. The van der Waals surface area contributed by atoms with E-state index in [1.54, 1.807) is 0 Å². The van der Waals surface area contributed by atoms with Crippen molar-refractivity contribution in [2.24, 2.45) is 0 Å². The fraction of sp³-hybridized carbons (Fsp3) is 0.647. The summed E-state index contributed by atoms with van der Waals surface area (Å²) in [4.78, 5) is 2.33. The van der Waals surface area contributed by atoms with Gasteiger partial charge in [-0.2, -0.15) is 12.7 Å². The number of anilines is 1. The number of hydrogen-bond acceptors (Lipinski definition) is 5. The molecule has 140 valence electrons. The topological polar surface area (TPSA) is 76.7 Å². The Morgan fingerprint density at radius 1 is 1.20 bits per heavy atom. The highest BCUT2D eigenvalue weighted by atomic mass is 32.2. The molecule has 3 N–H and O–H groups in total. The summed E-state index contributed by atoms with van der Waals surface area (Å²) < 4.78 is 27.8. The van der Waals surface area contributed by atoms with Gasteiger partial charge in [-0.25, -0.2) is 4.72 Å². The van der Waals surface area contributed by atoms with Crippen LogP contribution in [0.3, 0.4) is 0 Å². The minimum atomic E-state index is -3.33. The monoisotopic (exact) mass is 367 g/mol. The molecule has 25 heavy (non-hydrogen) atoms. The quantitative estimate of drug-likeness (QED) is 0.677. The van der Waals surface area contributed by atoms with E-state index < -0.39 is 10.2 Å². The van der Waals surface area contributed by atoms with Crippen LogP contribution in [0, 0.1) is 0 Å². The first kappa shape index (κ1) is 18.6. The number of benzene rings is 1. The molecule has 0 bridgehead atoms. The van der Waals surface area contributed by atoms with Gasteiger partial charge in [-0.1, -0.05) is 12.1 Å². The Balaban J connectivity index is 1.77. The van der Waals surface area contributed by atoms with Gasteiger partial charge in [0.2, 0.25) is 0 Å². The Kier molecular flexibility index (Phi) is 5.65. The summed E-state index contributed by atoms with van der Waals surface area (Å²) in [6.07, 6.45) is 0.989. The van der Waals surface area contributed by atoms with Gasteiger partial charge >= 0.3 is 0 Å². The van der Waals surface area contributed by atoms with Crippen LogP contribution in [0.25, 0.3) is 0 Å². The van der Waals surface area contributed by atoms with Crippen molar-refractivity contribution in [3.8, 4) is 0 Å². The highest BCUT2D eigenvalue weighted by Gasteiger charge is 2.29. The molecule has 0 radical (unpaired) electrons. The van der Waals surface area contributed by atoms with Gasteiger partial charge in [0.1, 0.15) is 0 Å².